The monoisotopic (exact) mass is 315 g/mol. The van der Waals surface area contributed by atoms with Crippen molar-refractivity contribution in [3.63, 3.8) is 0 Å². The van der Waals surface area contributed by atoms with Gasteiger partial charge in [0.05, 0.1) is 20.5 Å². The van der Waals surface area contributed by atoms with Crippen LogP contribution in [0.25, 0.3) is 0 Å². The maximum Gasteiger partial charge on any atom is 0.374 e. The second-order valence-electron chi connectivity index (χ2n) is 5.67. The van der Waals surface area contributed by atoms with Crippen LogP contribution in [0.3, 0.4) is 0 Å². The molecule has 1 aliphatic heterocycles. The number of methoxy groups -OCH3 is 2. The van der Waals surface area contributed by atoms with E-state index >= 15 is 0 Å². The van der Waals surface area contributed by atoms with Crippen molar-refractivity contribution >= 4 is 5.97 Å². The van der Waals surface area contributed by atoms with E-state index in [1.165, 1.54) is 18.9 Å². The van der Waals surface area contributed by atoms with Gasteiger partial charge in [0.1, 0.15) is 5.75 Å². The summed E-state index contributed by atoms with van der Waals surface area (Å²) in [6.07, 6.45) is 3.77. The number of furan rings is 1. The van der Waals surface area contributed by atoms with Gasteiger partial charge < -0.3 is 13.9 Å². The zero-order valence-corrected chi connectivity index (χ0v) is 13.5. The molecule has 5 heteroatoms. The van der Waals surface area contributed by atoms with Crippen molar-refractivity contribution in [1.82, 2.24) is 4.90 Å². The molecule has 0 N–H and O–H groups in total. The van der Waals surface area contributed by atoms with E-state index in [9.17, 15) is 4.79 Å². The minimum Gasteiger partial charge on any atom is -0.497 e. The van der Waals surface area contributed by atoms with Crippen LogP contribution in [0.15, 0.2) is 41.0 Å². The number of benzene rings is 1. The molecule has 1 saturated heterocycles. The first-order chi connectivity index (χ1) is 11.2. The van der Waals surface area contributed by atoms with E-state index in [2.05, 4.69) is 17.0 Å². The Morgan fingerprint density at radius 2 is 2.22 bits per heavy atom. The summed E-state index contributed by atoms with van der Waals surface area (Å²) >= 11 is 0. The van der Waals surface area contributed by atoms with Crippen molar-refractivity contribution < 1.29 is 18.7 Å². The molecule has 1 aliphatic rings. The Morgan fingerprint density at radius 1 is 1.35 bits per heavy atom. The van der Waals surface area contributed by atoms with Crippen LogP contribution in [0.5, 0.6) is 5.75 Å². The van der Waals surface area contributed by atoms with Crippen LogP contribution in [0.2, 0.25) is 0 Å². The highest BCUT2D eigenvalue weighted by molar-refractivity contribution is 5.87. The number of rotatable bonds is 5. The lowest BCUT2D eigenvalue weighted by molar-refractivity contribution is 0.0561. The van der Waals surface area contributed by atoms with Crippen LogP contribution in [-0.2, 0) is 11.3 Å². The van der Waals surface area contributed by atoms with E-state index in [4.69, 9.17) is 13.9 Å². The highest BCUT2D eigenvalue weighted by Gasteiger charge is 2.28. The fourth-order valence-corrected chi connectivity index (χ4v) is 3.19. The van der Waals surface area contributed by atoms with Crippen LogP contribution in [0.1, 0.15) is 40.6 Å². The van der Waals surface area contributed by atoms with Crippen LogP contribution >= 0.6 is 0 Å². The third-order valence-corrected chi connectivity index (χ3v) is 4.33. The van der Waals surface area contributed by atoms with E-state index in [-0.39, 0.29) is 0 Å². The molecule has 0 bridgehead atoms. The number of ether oxygens (including phenoxy) is 2. The maximum absolute atomic E-state index is 11.8. The molecule has 0 spiro atoms. The number of carbonyl (C=O) groups is 1. The third kappa shape index (κ3) is 3.24. The van der Waals surface area contributed by atoms with Crippen LogP contribution in [0.4, 0.5) is 0 Å². The zero-order chi connectivity index (χ0) is 16.2. The SMILES string of the molecule is COC(=O)c1occc1CN1CCCC1c1cccc(OC)c1. The topological polar surface area (TPSA) is 51.9 Å². The molecule has 0 aliphatic carbocycles. The third-order valence-electron chi connectivity index (χ3n) is 4.33. The predicted molar refractivity (Wildman–Crippen MR) is 85.4 cm³/mol. The van der Waals surface area contributed by atoms with Gasteiger partial charge in [-0.2, -0.15) is 0 Å². The molecule has 2 aromatic rings. The van der Waals surface area contributed by atoms with E-state index in [1.807, 2.05) is 18.2 Å². The molecule has 122 valence electrons. The summed E-state index contributed by atoms with van der Waals surface area (Å²) < 4.78 is 15.4. The highest BCUT2D eigenvalue weighted by Crippen LogP contribution is 2.35. The van der Waals surface area contributed by atoms with Crippen molar-refractivity contribution in [1.29, 1.82) is 0 Å². The quantitative estimate of drug-likeness (QED) is 0.791. The highest BCUT2D eigenvalue weighted by atomic mass is 16.5. The summed E-state index contributed by atoms with van der Waals surface area (Å²) in [7, 11) is 3.04. The molecule has 1 fully saturated rings. The molecule has 1 aromatic heterocycles. The van der Waals surface area contributed by atoms with Gasteiger partial charge in [-0.3, -0.25) is 4.90 Å². The normalized spacial score (nSPS) is 18.1. The van der Waals surface area contributed by atoms with Crippen LogP contribution in [-0.4, -0.2) is 31.6 Å². The summed E-state index contributed by atoms with van der Waals surface area (Å²) in [5, 5.41) is 0. The van der Waals surface area contributed by atoms with Gasteiger partial charge in [-0.05, 0) is 43.1 Å². The number of hydrogen-bond acceptors (Lipinski definition) is 5. The van der Waals surface area contributed by atoms with Gasteiger partial charge >= 0.3 is 5.97 Å². The van der Waals surface area contributed by atoms with Gasteiger partial charge in [0, 0.05) is 18.2 Å². The van der Waals surface area contributed by atoms with Gasteiger partial charge in [0.2, 0.25) is 5.76 Å². The van der Waals surface area contributed by atoms with E-state index in [0.717, 1.165) is 30.7 Å². The average Bonchev–Trinajstić information content (AvgIpc) is 3.24. The first-order valence-electron chi connectivity index (χ1n) is 7.75. The summed E-state index contributed by atoms with van der Waals surface area (Å²) in [6, 6.07) is 10.3. The van der Waals surface area contributed by atoms with Crippen molar-refractivity contribution in [2.24, 2.45) is 0 Å². The minimum absolute atomic E-state index is 0.295. The van der Waals surface area contributed by atoms with Crippen molar-refractivity contribution in [3.05, 3.63) is 53.5 Å². The summed E-state index contributed by atoms with van der Waals surface area (Å²) in [5.41, 5.74) is 2.11. The molecule has 23 heavy (non-hydrogen) atoms. The number of esters is 1. The summed E-state index contributed by atoms with van der Waals surface area (Å²) in [5.74, 6) is 0.735. The maximum atomic E-state index is 11.8. The molecule has 0 radical (unpaired) electrons. The fourth-order valence-electron chi connectivity index (χ4n) is 3.19. The summed E-state index contributed by atoms with van der Waals surface area (Å²) in [4.78, 5) is 14.1. The van der Waals surface area contributed by atoms with Crippen molar-refractivity contribution in [2.75, 3.05) is 20.8 Å². The molecule has 0 saturated carbocycles. The first-order valence-corrected chi connectivity index (χ1v) is 7.75. The Hall–Kier alpha value is -2.27. The van der Waals surface area contributed by atoms with Gasteiger partial charge in [0.15, 0.2) is 0 Å². The first kappa shape index (κ1) is 15.6. The second-order valence-corrected chi connectivity index (χ2v) is 5.67. The van der Waals surface area contributed by atoms with Gasteiger partial charge in [-0.1, -0.05) is 12.1 Å². The van der Waals surface area contributed by atoms with Crippen LogP contribution < -0.4 is 4.74 Å². The molecule has 1 atom stereocenters. The van der Waals surface area contributed by atoms with E-state index in [1.54, 1.807) is 7.11 Å². The van der Waals surface area contributed by atoms with Gasteiger partial charge in [-0.25, -0.2) is 4.79 Å². The van der Waals surface area contributed by atoms with Gasteiger partial charge in [0.25, 0.3) is 0 Å². The molecule has 5 nitrogen and oxygen atoms in total. The lowest BCUT2D eigenvalue weighted by Gasteiger charge is -2.25. The van der Waals surface area contributed by atoms with Crippen molar-refractivity contribution in [3.8, 4) is 5.75 Å². The van der Waals surface area contributed by atoms with Gasteiger partial charge in [-0.15, -0.1) is 0 Å². The largest absolute Gasteiger partial charge is 0.497 e. The second kappa shape index (κ2) is 6.87. The zero-order valence-electron chi connectivity index (χ0n) is 13.5. The number of nitrogens with zero attached hydrogens (tertiary/aromatic N) is 1. The Labute approximate surface area is 135 Å². The lowest BCUT2D eigenvalue weighted by atomic mass is 10.0. The Balaban J connectivity index is 1.80. The summed E-state index contributed by atoms with van der Waals surface area (Å²) in [6.45, 7) is 1.66. The smallest absolute Gasteiger partial charge is 0.374 e. The number of carbonyl (C=O) groups excluding carboxylic acids is 1. The lowest BCUT2D eigenvalue weighted by Crippen LogP contribution is -2.23. The average molecular weight is 315 g/mol. The Bertz CT molecular complexity index is 679. The molecule has 2 heterocycles. The molecular weight excluding hydrogens is 294 g/mol. The fraction of sp³-hybridized carbons (Fsp3) is 0.389. The van der Waals surface area contributed by atoms with E-state index in [0.29, 0.717) is 18.3 Å². The molecule has 1 aromatic carbocycles. The molecular formula is C18H21NO4. The molecule has 1 unspecified atom stereocenters. The number of likely N-dealkylation sites (tertiary alicyclic amines) is 1. The van der Waals surface area contributed by atoms with E-state index < -0.39 is 5.97 Å². The number of hydrogen-bond donors (Lipinski definition) is 0. The molecule has 3 rings (SSSR count). The molecule has 0 amide bonds. The predicted octanol–water partition coefficient (Wildman–Crippen LogP) is 3.41. The van der Waals surface area contributed by atoms with Crippen molar-refractivity contribution in [2.45, 2.75) is 25.4 Å². The minimum atomic E-state index is -0.429. The Morgan fingerprint density at radius 3 is 3.00 bits per heavy atom. The Kier molecular flexibility index (Phi) is 4.67. The standard InChI is InChI=1S/C18H21NO4/c1-21-15-6-3-5-13(11-15)16-7-4-9-19(16)12-14-8-10-23-17(14)18(20)22-2/h3,5-6,8,10-11,16H,4,7,9,12H2,1-2H3. The van der Waals surface area contributed by atoms with Crippen LogP contribution in [0, 0.1) is 0 Å².